The summed E-state index contributed by atoms with van der Waals surface area (Å²) in [6.45, 7) is 0. The van der Waals surface area contributed by atoms with Gasteiger partial charge in [0.25, 0.3) is 0 Å². The molecule has 0 atom stereocenters. The molecule has 0 saturated carbocycles. The lowest BCUT2D eigenvalue weighted by molar-refractivity contribution is 0.478. The van der Waals surface area contributed by atoms with Gasteiger partial charge in [-0.3, -0.25) is 4.98 Å². The van der Waals surface area contributed by atoms with Gasteiger partial charge < -0.3 is 15.8 Å². The van der Waals surface area contributed by atoms with Crippen molar-refractivity contribution in [1.29, 1.82) is 0 Å². The Labute approximate surface area is 97.0 Å². The van der Waals surface area contributed by atoms with Gasteiger partial charge in [0.15, 0.2) is 0 Å². The molecule has 3 rings (SSSR count). The number of nitrogens with zero attached hydrogens (tertiary/aromatic N) is 2. The lowest BCUT2D eigenvalue weighted by Crippen LogP contribution is -1.86. The number of phenolic OH excluding ortho intramolecular Hbond substituents is 1. The molecular weight excluding hydrogens is 216 g/mol. The molecule has 0 aliphatic rings. The Balaban J connectivity index is 2.17. The molecule has 3 aromatic rings. The number of imidazole rings is 1. The standard InChI is InChI=1S/C12H10N4O/c13-8-2-1-7(5-11(8)17)12-15-9-3-4-14-6-10(9)16-12/h1-6,17H,13H2,(H,15,16). The first-order chi connectivity index (χ1) is 8.24. The quantitative estimate of drug-likeness (QED) is 0.437. The molecule has 0 unspecified atom stereocenters. The summed E-state index contributed by atoms with van der Waals surface area (Å²) in [4.78, 5) is 11.6. The summed E-state index contributed by atoms with van der Waals surface area (Å²) in [5.74, 6) is 0.740. The largest absolute Gasteiger partial charge is 0.506 e. The third kappa shape index (κ3) is 1.57. The average Bonchev–Trinajstić information content (AvgIpc) is 2.76. The zero-order valence-corrected chi connectivity index (χ0v) is 8.88. The number of nitrogen functional groups attached to an aromatic ring is 1. The first-order valence-electron chi connectivity index (χ1n) is 5.12. The molecule has 5 nitrogen and oxygen atoms in total. The lowest BCUT2D eigenvalue weighted by atomic mass is 10.2. The number of hydrogen-bond acceptors (Lipinski definition) is 4. The highest BCUT2D eigenvalue weighted by molar-refractivity contribution is 5.79. The molecule has 0 bridgehead atoms. The van der Waals surface area contributed by atoms with Crippen molar-refractivity contribution in [2.75, 3.05) is 5.73 Å². The van der Waals surface area contributed by atoms with Gasteiger partial charge in [-0.05, 0) is 24.3 Å². The Kier molecular flexibility index (Phi) is 1.98. The van der Waals surface area contributed by atoms with E-state index >= 15 is 0 Å². The van der Waals surface area contributed by atoms with Crippen molar-refractivity contribution in [3.05, 3.63) is 36.7 Å². The van der Waals surface area contributed by atoms with E-state index in [-0.39, 0.29) is 5.75 Å². The molecule has 0 radical (unpaired) electrons. The summed E-state index contributed by atoms with van der Waals surface area (Å²) in [7, 11) is 0. The van der Waals surface area contributed by atoms with Gasteiger partial charge in [0.05, 0.1) is 22.9 Å². The maximum Gasteiger partial charge on any atom is 0.139 e. The molecule has 4 N–H and O–H groups in total. The van der Waals surface area contributed by atoms with Crippen LogP contribution >= 0.6 is 0 Å². The maximum absolute atomic E-state index is 9.56. The lowest BCUT2D eigenvalue weighted by Gasteiger charge is -2.00. The highest BCUT2D eigenvalue weighted by atomic mass is 16.3. The van der Waals surface area contributed by atoms with Crippen molar-refractivity contribution in [1.82, 2.24) is 15.0 Å². The minimum atomic E-state index is 0.0566. The van der Waals surface area contributed by atoms with Crippen LogP contribution in [-0.2, 0) is 0 Å². The predicted octanol–water partition coefficient (Wildman–Crippen LogP) is 1.91. The molecule has 0 fully saturated rings. The number of nitrogens with two attached hydrogens (primary N) is 1. The summed E-state index contributed by atoms with van der Waals surface area (Å²) in [5, 5.41) is 9.56. The van der Waals surface area contributed by atoms with Crippen molar-refractivity contribution < 1.29 is 5.11 Å². The van der Waals surface area contributed by atoms with Crippen LogP contribution in [0, 0.1) is 0 Å². The third-order valence-electron chi connectivity index (χ3n) is 2.59. The Morgan fingerprint density at radius 2 is 2.12 bits per heavy atom. The van der Waals surface area contributed by atoms with Crippen LogP contribution in [0.1, 0.15) is 0 Å². The molecule has 84 valence electrons. The van der Waals surface area contributed by atoms with Crippen LogP contribution in [0.3, 0.4) is 0 Å². The minimum Gasteiger partial charge on any atom is -0.506 e. The molecule has 0 amide bonds. The molecule has 2 heterocycles. The topological polar surface area (TPSA) is 87.8 Å². The van der Waals surface area contributed by atoms with E-state index in [1.165, 1.54) is 0 Å². The molecule has 0 spiro atoms. The van der Waals surface area contributed by atoms with E-state index in [0.29, 0.717) is 11.5 Å². The number of H-pyrrole nitrogens is 1. The number of phenols is 1. The van der Waals surface area contributed by atoms with E-state index in [1.807, 2.05) is 6.07 Å². The zero-order chi connectivity index (χ0) is 11.8. The van der Waals surface area contributed by atoms with Crippen molar-refractivity contribution in [2.24, 2.45) is 0 Å². The predicted molar refractivity (Wildman–Crippen MR) is 65.4 cm³/mol. The molecule has 0 aliphatic carbocycles. The Bertz CT molecular complexity index is 657. The summed E-state index contributed by atoms with van der Waals surface area (Å²) in [6, 6.07) is 6.86. The van der Waals surface area contributed by atoms with E-state index in [2.05, 4.69) is 15.0 Å². The number of rotatable bonds is 1. The van der Waals surface area contributed by atoms with Crippen LogP contribution in [0.2, 0.25) is 0 Å². The van der Waals surface area contributed by atoms with Crippen LogP contribution in [0.5, 0.6) is 5.75 Å². The molecule has 0 aliphatic heterocycles. The van der Waals surface area contributed by atoms with Gasteiger partial charge in [-0.2, -0.15) is 0 Å². The first-order valence-corrected chi connectivity index (χ1v) is 5.12. The molecule has 17 heavy (non-hydrogen) atoms. The number of pyridine rings is 1. The van der Waals surface area contributed by atoms with Gasteiger partial charge in [-0.15, -0.1) is 0 Å². The van der Waals surface area contributed by atoms with Crippen molar-refractivity contribution in [3.8, 4) is 17.1 Å². The number of aromatic amines is 1. The van der Waals surface area contributed by atoms with E-state index in [0.717, 1.165) is 16.6 Å². The fraction of sp³-hybridized carbons (Fsp3) is 0. The highest BCUT2D eigenvalue weighted by Crippen LogP contribution is 2.27. The number of aromatic nitrogens is 3. The van der Waals surface area contributed by atoms with Crippen LogP contribution in [-0.4, -0.2) is 20.1 Å². The SMILES string of the molecule is Nc1ccc(-c2nc3ccncc3[nH]2)cc1O. The number of anilines is 1. The Hall–Kier alpha value is -2.56. The maximum atomic E-state index is 9.56. The minimum absolute atomic E-state index is 0.0566. The second-order valence-electron chi connectivity index (χ2n) is 3.75. The zero-order valence-electron chi connectivity index (χ0n) is 8.88. The molecule has 0 saturated heterocycles. The van der Waals surface area contributed by atoms with Gasteiger partial charge in [-0.1, -0.05) is 0 Å². The summed E-state index contributed by atoms with van der Waals surface area (Å²) >= 11 is 0. The molecule has 5 heteroatoms. The fourth-order valence-corrected chi connectivity index (χ4v) is 1.68. The van der Waals surface area contributed by atoms with Gasteiger partial charge in [0.1, 0.15) is 11.6 Å². The number of nitrogens with one attached hydrogen (secondary N) is 1. The highest BCUT2D eigenvalue weighted by Gasteiger charge is 2.06. The second-order valence-corrected chi connectivity index (χ2v) is 3.75. The van der Waals surface area contributed by atoms with Gasteiger partial charge in [-0.25, -0.2) is 4.98 Å². The Morgan fingerprint density at radius 1 is 1.24 bits per heavy atom. The molecule has 2 aromatic heterocycles. The van der Waals surface area contributed by atoms with E-state index in [4.69, 9.17) is 5.73 Å². The number of aromatic hydroxyl groups is 1. The van der Waals surface area contributed by atoms with E-state index in [9.17, 15) is 5.11 Å². The smallest absolute Gasteiger partial charge is 0.139 e. The van der Waals surface area contributed by atoms with Gasteiger partial charge in [0.2, 0.25) is 0 Å². The van der Waals surface area contributed by atoms with Crippen LogP contribution in [0.4, 0.5) is 5.69 Å². The number of benzene rings is 1. The number of hydrogen-bond donors (Lipinski definition) is 3. The summed E-state index contributed by atoms with van der Waals surface area (Å²) in [6.07, 6.45) is 3.40. The van der Waals surface area contributed by atoms with Crippen molar-refractivity contribution >= 4 is 16.7 Å². The van der Waals surface area contributed by atoms with E-state index in [1.54, 1.807) is 30.6 Å². The second kappa shape index (κ2) is 3.48. The monoisotopic (exact) mass is 226 g/mol. The normalized spacial score (nSPS) is 10.8. The molecular formula is C12H10N4O. The summed E-state index contributed by atoms with van der Waals surface area (Å²) in [5.41, 5.74) is 8.39. The number of fused-ring (bicyclic) bond motifs is 1. The third-order valence-corrected chi connectivity index (χ3v) is 2.59. The van der Waals surface area contributed by atoms with Crippen LogP contribution < -0.4 is 5.73 Å². The van der Waals surface area contributed by atoms with E-state index < -0.39 is 0 Å². The van der Waals surface area contributed by atoms with Gasteiger partial charge in [0, 0.05) is 11.8 Å². The molecule has 1 aromatic carbocycles. The fourth-order valence-electron chi connectivity index (χ4n) is 1.68. The van der Waals surface area contributed by atoms with Gasteiger partial charge >= 0.3 is 0 Å². The first kappa shape index (κ1) is 9.65. The average molecular weight is 226 g/mol. The van der Waals surface area contributed by atoms with Crippen molar-refractivity contribution in [2.45, 2.75) is 0 Å². The van der Waals surface area contributed by atoms with Crippen LogP contribution in [0.15, 0.2) is 36.7 Å². The van der Waals surface area contributed by atoms with Crippen molar-refractivity contribution in [3.63, 3.8) is 0 Å². The van der Waals surface area contributed by atoms with Crippen LogP contribution in [0.25, 0.3) is 22.4 Å². The summed E-state index contributed by atoms with van der Waals surface area (Å²) < 4.78 is 0. The Morgan fingerprint density at radius 3 is 2.88 bits per heavy atom.